The van der Waals surface area contributed by atoms with Gasteiger partial charge in [-0.3, -0.25) is 4.79 Å². The Morgan fingerprint density at radius 2 is 1.96 bits per heavy atom. The van der Waals surface area contributed by atoms with Crippen molar-refractivity contribution in [2.75, 3.05) is 6.61 Å². The molecule has 0 unspecified atom stereocenters. The second-order valence-electron chi connectivity index (χ2n) is 5.55. The first-order valence-electron chi connectivity index (χ1n) is 7.88. The highest BCUT2D eigenvalue weighted by Gasteiger charge is 2.16. The van der Waals surface area contributed by atoms with Gasteiger partial charge in [0.15, 0.2) is 6.61 Å². The SMILES string of the molecule is C[C@H](NC(=O)COC(=O)c1ccc(-c2ccc(F)cc2)s1)c1ccco1. The van der Waals surface area contributed by atoms with Crippen molar-refractivity contribution in [2.45, 2.75) is 13.0 Å². The normalized spacial score (nSPS) is 11.8. The maximum Gasteiger partial charge on any atom is 0.348 e. The molecule has 0 saturated carbocycles. The molecule has 1 amide bonds. The largest absolute Gasteiger partial charge is 0.467 e. The van der Waals surface area contributed by atoms with Gasteiger partial charge in [-0.2, -0.15) is 0 Å². The minimum Gasteiger partial charge on any atom is -0.467 e. The van der Waals surface area contributed by atoms with Crippen molar-refractivity contribution >= 4 is 23.2 Å². The molecular formula is C19H16FNO4S. The van der Waals surface area contributed by atoms with Crippen LogP contribution >= 0.6 is 11.3 Å². The van der Waals surface area contributed by atoms with Crippen LogP contribution in [-0.4, -0.2) is 18.5 Å². The fourth-order valence-electron chi connectivity index (χ4n) is 2.31. The van der Waals surface area contributed by atoms with E-state index in [2.05, 4.69) is 5.32 Å². The second-order valence-corrected chi connectivity index (χ2v) is 6.64. The number of thiophene rings is 1. The Labute approximate surface area is 153 Å². The van der Waals surface area contributed by atoms with E-state index in [0.29, 0.717) is 10.6 Å². The minimum absolute atomic E-state index is 0.317. The average molecular weight is 373 g/mol. The number of hydrogen-bond donors (Lipinski definition) is 1. The van der Waals surface area contributed by atoms with E-state index in [-0.39, 0.29) is 18.5 Å². The van der Waals surface area contributed by atoms with Gasteiger partial charge < -0.3 is 14.5 Å². The van der Waals surface area contributed by atoms with Crippen LogP contribution in [0.5, 0.6) is 0 Å². The third-order valence-electron chi connectivity index (χ3n) is 3.62. The van der Waals surface area contributed by atoms with Crippen molar-refractivity contribution in [3.8, 4) is 10.4 Å². The summed E-state index contributed by atoms with van der Waals surface area (Å²) in [5.74, 6) is -0.701. The van der Waals surface area contributed by atoms with E-state index in [1.807, 2.05) is 0 Å². The molecule has 0 spiro atoms. The van der Waals surface area contributed by atoms with Crippen molar-refractivity contribution in [1.29, 1.82) is 0 Å². The highest BCUT2D eigenvalue weighted by Crippen LogP contribution is 2.28. The molecule has 3 aromatic rings. The molecule has 3 rings (SSSR count). The molecule has 0 aliphatic carbocycles. The number of rotatable bonds is 6. The number of nitrogens with one attached hydrogen (secondary N) is 1. The summed E-state index contributed by atoms with van der Waals surface area (Å²) in [4.78, 5) is 25.2. The number of esters is 1. The van der Waals surface area contributed by atoms with Crippen LogP contribution in [0.4, 0.5) is 4.39 Å². The van der Waals surface area contributed by atoms with E-state index in [4.69, 9.17) is 9.15 Å². The minimum atomic E-state index is -0.579. The van der Waals surface area contributed by atoms with Crippen LogP contribution in [0.1, 0.15) is 28.4 Å². The first-order chi connectivity index (χ1) is 12.5. The molecule has 0 fully saturated rings. The lowest BCUT2D eigenvalue weighted by molar-refractivity contribution is -0.125. The molecule has 0 radical (unpaired) electrons. The van der Waals surface area contributed by atoms with E-state index in [0.717, 1.165) is 10.4 Å². The Kier molecular flexibility index (Phi) is 5.48. The molecule has 1 aromatic carbocycles. The molecule has 1 atom stereocenters. The van der Waals surface area contributed by atoms with Gasteiger partial charge in [-0.25, -0.2) is 9.18 Å². The predicted octanol–water partition coefficient (Wildman–Crippen LogP) is 4.18. The van der Waals surface area contributed by atoms with Crippen molar-refractivity contribution in [1.82, 2.24) is 5.32 Å². The van der Waals surface area contributed by atoms with Gasteiger partial charge in [-0.15, -0.1) is 11.3 Å². The summed E-state index contributed by atoms with van der Waals surface area (Å²) in [6, 6.07) is 12.5. The molecule has 0 bridgehead atoms. The van der Waals surface area contributed by atoms with Gasteiger partial charge in [0.1, 0.15) is 16.5 Å². The smallest absolute Gasteiger partial charge is 0.348 e. The zero-order chi connectivity index (χ0) is 18.5. The summed E-state index contributed by atoms with van der Waals surface area (Å²) in [5.41, 5.74) is 0.806. The van der Waals surface area contributed by atoms with Gasteiger partial charge in [0.05, 0.1) is 12.3 Å². The molecule has 134 valence electrons. The molecule has 26 heavy (non-hydrogen) atoms. The molecule has 2 aromatic heterocycles. The fraction of sp³-hybridized carbons (Fsp3) is 0.158. The van der Waals surface area contributed by atoms with Gasteiger partial charge in [0.2, 0.25) is 0 Å². The molecule has 7 heteroatoms. The van der Waals surface area contributed by atoms with Gasteiger partial charge in [0, 0.05) is 4.88 Å². The lowest BCUT2D eigenvalue weighted by Crippen LogP contribution is -2.30. The number of carbonyl (C=O) groups is 2. The molecule has 0 aliphatic rings. The van der Waals surface area contributed by atoms with Crippen LogP contribution in [0.2, 0.25) is 0 Å². The average Bonchev–Trinajstić information content (AvgIpc) is 3.32. The summed E-state index contributed by atoms with van der Waals surface area (Å²) in [7, 11) is 0. The van der Waals surface area contributed by atoms with E-state index in [9.17, 15) is 14.0 Å². The summed E-state index contributed by atoms with van der Waals surface area (Å²) in [6.45, 7) is 1.39. The van der Waals surface area contributed by atoms with Crippen molar-refractivity contribution in [3.63, 3.8) is 0 Å². The van der Waals surface area contributed by atoms with Crippen LogP contribution in [0.3, 0.4) is 0 Å². The van der Waals surface area contributed by atoms with Crippen LogP contribution in [0.25, 0.3) is 10.4 Å². The Bertz CT molecular complexity index is 887. The highest BCUT2D eigenvalue weighted by atomic mass is 32.1. The number of hydrogen-bond acceptors (Lipinski definition) is 5. The Hall–Kier alpha value is -2.93. The standard InChI is InChI=1S/C19H16FNO4S/c1-12(15-3-2-10-24-15)21-18(22)11-25-19(23)17-9-8-16(26-17)13-4-6-14(20)7-5-13/h2-10,12H,11H2,1H3,(H,21,22)/t12-/m0/s1. The topological polar surface area (TPSA) is 68.5 Å². The van der Waals surface area contributed by atoms with Crippen molar-refractivity contribution < 1.29 is 23.1 Å². The monoisotopic (exact) mass is 373 g/mol. The van der Waals surface area contributed by atoms with Gasteiger partial charge >= 0.3 is 5.97 Å². The number of amides is 1. The first kappa shape index (κ1) is 17.9. The Morgan fingerprint density at radius 1 is 1.19 bits per heavy atom. The van der Waals surface area contributed by atoms with Crippen LogP contribution < -0.4 is 5.32 Å². The van der Waals surface area contributed by atoms with E-state index >= 15 is 0 Å². The number of ether oxygens (including phenoxy) is 1. The molecule has 0 saturated heterocycles. The maximum absolute atomic E-state index is 13.0. The number of benzene rings is 1. The van der Waals surface area contributed by atoms with Gasteiger partial charge in [0.25, 0.3) is 5.91 Å². The zero-order valence-electron chi connectivity index (χ0n) is 13.9. The zero-order valence-corrected chi connectivity index (χ0v) is 14.7. The van der Waals surface area contributed by atoms with E-state index in [1.165, 1.54) is 29.7 Å². The molecular weight excluding hydrogens is 357 g/mol. The third kappa shape index (κ3) is 4.37. The quantitative estimate of drug-likeness (QED) is 0.658. The van der Waals surface area contributed by atoms with Gasteiger partial charge in [-0.05, 0) is 48.9 Å². The lowest BCUT2D eigenvalue weighted by atomic mass is 10.2. The molecule has 2 heterocycles. The Morgan fingerprint density at radius 3 is 2.65 bits per heavy atom. The fourth-order valence-corrected chi connectivity index (χ4v) is 3.22. The number of furan rings is 1. The van der Waals surface area contributed by atoms with Crippen LogP contribution in [-0.2, 0) is 9.53 Å². The first-order valence-corrected chi connectivity index (χ1v) is 8.70. The van der Waals surface area contributed by atoms with Crippen LogP contribution in [0.15, 0.2) is 59.2 Å². The van der Waals surface area contributed by atoms with E-state index < -0.39 is 11.9 Å². The van der Waals surface area contributed by atoms with E-state index in [1.54, 1.807) is 43.3 Å². The highest BCUT2D eigenvalue weighted by molar-refractivity contribution is 7.17. The summed E-state index contributed by atoms with van der Waals surface area (Å²) in [5, 5.41) is 2.68. The van der Waals surface area contributed by atoms with Gasteiger partial charge in [-0.1, -0.05) is 12.1 Å². The summed E-state index contributed by atoms with van der Waals surface area (Å²) >= 11 is 1.22. The molecule has 5 nitrogen and oxygen atoms in total. The second kappa shape index (κ2) is 7.97. The maximum atomic E-state index is 13.0. The third-order valence-corrected chi connectivity index (χ3v) is 4.73. The molecule has 1 N–H and O–H groups in total. The summed E-state index contributed by atoms with van der Waals surface area (Å²) < 4.78 is 23.2. The number of halogens is 1. The van der Waals surface area contributed by atoms with Crippen LogP contribution in [0, 0.1) is 5.82 Å². The molecule has 0 aliphatic heterocycles. The Balaban J connectivity index is 1.53. The summed E-state index contributed by atoms with van der Waals surface area (Å²) in [6.07, 6.45) is 1.52. The predicted molar refractivity (Wildman–Crippen MR) is 95.3 cm³/mol. The van der Waals surface area contributed by atoms with Crippen molar-refractivity contribution in [2.24, 2.45) is 0 Å². The number of carbonyl (C=O) groups excluding carboxylic acids is 2. The lowest BCUT2D eigenvalue weighted by Gasteiger charge is -2.11. The van der Waals surface area contributed by atoms with Crippen molar-refractivity contribution in [3.05, 3.63) is 71.2 Å².